The Kier molecular flexibility index (Phi) is 5.71. The summed E-state index contributed by atoms with van der Waals surface area (Å²) in [7, 11) is 0. The highest BCUT2D eigenvalue weighted by Gasteiger charge is 2.31. The molecular weight excluding hydrogens is 280 g/mol. The number of piperazine rings is 1. The quantitative estimate of drug-likeness (QED) is 0.849. The number of amides is 1. The van der Waals surface area contributed by atoms with Crippen molar-refractivity contribution < 1.29 is 4.79 Å². The molecule has 4 heteroatoms. The molecule has 21 heavy (non-hydrogen) atoms. The summed E-state index contributed by atoms with van der Waals surface area (Å²) < 4.78 is 0. The van der Waals surface area contributed by atoms with E-state index < -0.39 is 0 Å². The molecule has 0 aliphatic carbocycles. The van der Waals surface area contributed by atoms with Crippen LogP contribution in [0, 0.1) is 19.8 Å². The fraction of sp³-hybridized carbons (Fsp3) is 0.588. The summed E-state index contributed by atoms with van der Waals surface area (Å²) in [4.78, 5) is 15.7. The molecule has 116 valence electrons. The number of hydrogen-bond donors (Lipinski definition) is 1. The minimum Gasteiger partial charge on any atom is -0.353 e. The van der Waals surface area contributed by atoms with Crippen LogP contribution in [-0.4, -0.2) is 42.2 Å². The van der Waals surface area contributed by atoms with Gasteiger partial charge in [-0.05, 0) is 43.0 Å². The summed E-state index contributed by atoms with van der Waals surface area (Å²) in [5.74, 6) is 1.57. The van der Waals surface area contributed by atoms with E-state index in [1.54, 1.807) is 0 Å². The molecule has 1 heterocycles. The molecule has 0 spiro atoms. The van der Waals surface area contributed by atoms with Gasteiger partial charge in [-0.15, -0.1) is 11.8 Å². The molecule has 1 aromatic carbocycles. The molecule has 0 radical (unpaired) electrons. The minimum absolute atomic E-state index is 0.0269. The van der Waals surface area contributed by atoms with Gasteiger partial charge >= 0.3 is 0 Å². The second-order valence-corrected chi connectivity index (χ2v) is 7.28. The number of nitrogens with zero attached hydrogens (tertiary/aromatic N) is 1. The average Bonchev–Trinajstić information content (AvgIpc) is 2.42. The van der Waals surface area contributed by atoms with Crippen molar-refractivity contribution in [3.63, 3.8) is 0 Å². The second-order valence-electron chi connectivity index (χ2n) is 6.11. The average molecular weight is 306 g/mol. The first-order chi connectivity index (χ1) is 9.99. The molecule has 1 N–H and O–H groups in total. The van der Waals surface area contributed by atoms with Crippen LogP contribution < -0.4 is 5.32 Å². The number of carbonyl (C=O) groups excluding carboxylic acids is 1. The minimum atomic E-state index is 0.0269. The van der Waals surface area contributed by atoms with Crippen LogP contribution in [0.25, 0.3) is 0 Å². The molecule has 0 saturated carbocycles. The molecule has 1 amide bonds. The lowest BCUT2D eigenvalue weighted by Gasteiger charge is -2.37. The molecule has 1 saturated heterocycles. The lowest BCUT2D eigenvalue weighted by Crippen LogP contribution is -2.57. The van der Waals surface area contributed by atoms with E-state index in [1.165, 1.54) is 16.0 Å². The Balaban J connectivity index is 1.89. The highest BCUT2D eigenvalue weighted by Crippen LogP contribution is 2.22. The van der Waals surface area contributed by atoms with Crippen molar-refractivity contribution in [3.8, 4) is 0 Å². The summed E-state index contributed by atoms with van der Waals surface area (Å²) in [5.41, 5.74) is 2.68. The van der Waals surface area contributed by atoms with E-state index in [-0.39, 0.29) is 11.9 Å². The van der Waals surface area contributed by atoms with E-state index in [0.717, 1.165) is 25.4 Å². The lowest BCUT2D eigenvalue weighted by atomic mass is 10.00. The second kappa shape index (κ2) is 7.32. The molecule has 1 aliphatic rings. The van der Waals surface area contributed by atoms with E-state index in [4.69, 9.17) is 0 Å². The maximum atomic E-state index is 12.0. The van der Waals surface area contributed by atoms with Crippen LogP contribution in [0.3, 0.4) is 0 Å². The van der Waals surface area contributed by atoms with Gasteiger partial charge in [0.15, 0.2) is 0 Å². The highest BCUT2D eigenvalue weighted by atomic mass is 32.2. The van der Waals surface area contributed by atoms with Crippen molar-refractivity contribution in [1.82, 2.24) is 10.2 Å². The zero-order valence-electron chi connectivity index (χ0n) is 13.5. The van der Waals surface area contributed by atoms with Gasteiger partial charge in [0.2, 0.25) is 5.91 Å². The van der Waals surface area contributed by atoms with Crippen LogP contribution in [0.4, 0.5) is 0 Å². The van der Waals surface area contributed by atoms with E-state index in [2.05, 4.69) is 56.1 Å². The van der Waals surface area contributed by atoms with Crippen LogP contribution in [0.1, 0.15) is 25.0 Å². The van der Waals surface area contributed by atoms with Crippen molar-refractivity contribution in [2.45, 2.75) is 38.6 Å². The van der Waals surface area contributed by atoms with Crippen LogP contribution >= 0.6 is 11.8 Å². The molecule has 0 bridgehead atoms. The maximum Gasteiger partial charge on any atom is 0.237 e. The van der Waals surface area contributed by atoms with E-state index in [1.807, 2.05) is 11.8 Å². The third kappa shape index (κ3) is 4.24. The Morgan fingerprint density at radius 1 is 1.33 bits per heavy atom. The predicted octanol–water partition coefficient (Wildman–Crippen LogP) is 2.85. The summed E-state index contributed by atoms with van der Waals surface area (Å²) in [5, 5.41) is 2.98. The van der Waals surface area contributed by atoms with Crippen molar-refractivity contribution >= 4 is 17.7 Å². The van der Waals surface area contributed by atoms with Crippen LogP contribution in [-0.2, 0) is 4.79 Å². The van der Waals surface area contributed by atoms with Gasteiger partial charge in [0.1, 0.15) is 0 Å². The Morgan fingerprint density at radius 3 is 2.76 bits per heavy atom. The van der Waals surface area contributed by atoms with Gasteiger partial charge in [0.05, 0.1) is 6.04 Å². The molecule has 1 aliphatic heterocycles. The van der Waals surface area contributed by atoms with Gasteiger partial charge in [-0.1, -0.05) is 19.9 Å². The monoisotopic (exact) mass is 306 g/mol. The van der Waals surface area contributed by atoms with Gasteiger partial charge in [0.25, 0.3) is 0 Å². The van der Waals surface area contributed by atoms with Crippen LogP contribution in [0.5, 0.6) is 0 Å². The number of rotatable bonds is 5. The summed E-state index contributed by atoms with van der Waals surface area (Å²) in [6, 6.07) is 6.65. The molecule has 1 aromatic rings. The largest absolute Gasteiger partial charge is 0.353 e. The van der Waals surface area contributed by atoms with E-state index in [9.17, 15) is 4.79 Å². The van der Waals surface area contributed by atoms with Crippen molar-refractivity contribution in [2.24, 2.45) is 5.92 Å². The topological polar surface area (TPSA) is 32.3 Å². The van der Waals surface area contributed by atoms with Crippen LogP contribution in [0.15, 0.2) is 23.1 Å². The number of benzene rings is 1. The normalized spacial score (nSPS) is 19.9. The fourth-order valence-electron chi connectivity index (χ4n) is 2.79. The van der Waals surface area contributed by atoms with Crippen molar-refractivity contribution in [3.05, 3.63) is 29.3 Å². The zero-order chi connectivity index (χ0) is 15.4. The van der Waals surface area contributed by atoms with Gasteiger partial charge in [-0.2, -0.15) is 0 Å². The first kappa shape index (κ1) is 16.4. The highest BCUT2D eigenvalue weighted by molar-refractivity contribution is 7.99. The number of hydrogen-bond acceptors (Lipinski definition) is 3. The van der Waals surface area contributed by atoms with Crippen LogP contribution in [0.2, 0.25) is 0 Å². The Morgan fingerprint density at radius 2 is 2.10 bits per heavy atom. The number of thioether (sulfide) groups is 1. The van der Waals surface area contributed by atoms with Crippen molar-refractivity contribution in [2.75, 3.05) is 25.4 Å². The molecule has 3 nitrogen and oxygen atoms in total. The Hall–Kier alpha value is -1.00. The van der Waals surface area contributed by atoms with Gasteiger partial charge in [-0.25, -0.2) is 0 Å². The Labute approximate surface area is 132 Å². The van der Waals surface area contributed by atoms with Crippen molar-refractivity contribution in [1.29, 1.82) is 0 Å². The van der Waals surface area contributed by atoms with Gasteiger partial charge in [-0.3, -0.25) is 9.69 Å². The first-order valence-corrected chi connectivity index (χ1v) is 8.69. The molecule has 1 unspecified atom stereocenters. The van der Waals surface area contributed by atoms with E-state index >= 15 is 0 Å². The molecule has 0 aromatic heterocycles. The summed E-state index contributed by atoms with van der Waals surface area (Å²) in [6.07, 6.45) is 0. The lowest BCUT2D eigenvalue weighted by molar-refractivity contribution is -0.130. The fourth-order valence-corrected chi connectivity index (χ4v) is 3.78. The first-order valence-electron chi connectivity index (χ1n) is 7.71. The SMILES string of the molecule is Cc1ccc(SCCN2CCNC(=O)C2C(C)C)cc1C. The molecule has 1 atom stereocenters. The van der Waals surface area contributed by atoms with E-state index in [0.29, 0.717) is 5.92 Å². The molecule has 2 rings (SSSR count). The third-order valence-corrected chi connectivity index (χ3v) is 5.09. The van der Waals surface area contributed by atoms with Gasteiger partial charge < -0.3 is 5.32 Å². The third-order valence-electron chi connectivity index (χ3n) is 4.12. The number of aryl methyl sites for hydroxylation is 2. The predicted molar refractivity (Wildman–Crippen MR) is 89.8 cm³/mol. The van der Waals surface area contributed by atoms with Gasteiger partial charge in [0, 0.05) is 30.3 Å². The molecule has 1 fully saturated rings. The summed E-state index contributed by atoms with van der Waals surface area (Å²) in [6.45, 7) is 11.2. The zero-order valence-corrected chi connectivity index (χ0v) is 14.3. The number of nitrogens with one attached hydrogen (secondary N) is 1. The Bertz CT molecular complexity index is 502. The molecular formula is C17H26N2OS. The number of carbonyl (C=O) groups is 1. The standard InChI is InChI=1S/C17H26N2OS/c1-12(2)16-17(20)18-7-8-19(16)9-10-21-15-6-5-13(3)14(4)11-15/h5-6,11-12,16H,7-10H2,1-4H3,(H,18,20). The summed E-state index contributed by atoms with van der Waals surface area (Å²) >= 11 is 1.88. The maximum absolute atomic E-state index is 12.0. The smallest absolute Gasteiger partial charge is 0.237 e.